The van der Waals surface area contributed by atoms with Crippen LogP contribution in [0.25, 0.3) is 0 Å². The number of hydrogen-bond donors (Lipinski definition) is 1. The summed E-state index contributed by atoms with van der Waals surface area (Å²) >= 11 is 5.99. The van der Waals surface area contributed by atoms with Gasteiger partial charge in [-0.25, -0.2) is 0 Å². The Bertz CT molecular complexity index is 328. The first-order valence-corrected chi connectivity index (χ1v) is 6.70. The normalized spacial score (nSPS) is 13.0. The second-order valence-corrected chi connectivity index (χ2v) is 4.85. The molecule has 1 atom stereocenters. The van der Waals surface area contributed by atoms with Crippen molar-refractivity contribution < 1.29 is 0 Å². The van der Waals surface area contributed by atoms with Crippen molar-refractivity contribution in [2.24, 2.45) is 0 Å². The standard InChI is InChI=1S/C14H23ClN2/c1-4-14(10-16-5-2)17(3)11-12-7-6-8-13(15)9-12/h6-9,14,16H,4-5,10-11H2,1-3H3. The molecule has 17 heavy (non-hydrogen) atoms. The lowest BCUT2D eigenvalue weighted by Gasteiger charge is -2.27. The lowest BCUT2D eigenvalue weighted by Crippen LogP contribution is -2.39. The third-order valence-corrected chi connectivity index (χ3v) is 3.28. The maximum atomic E-state index is 5.99. The quantitative estimate of drug-likeness (QED) is 0.804. The second kappa shape index (κ2) is 7.70. The molecule has 0 saturated heterocycles. The summed E-state index contributed by atoms with van der Waals surface area (Å²) in [5, 5.41) is 4.23. The Labute approximate surface area is 110 Å². The van der Waals surface area contributed by atoms with Gasteiger partial charge in [-0.2, -0.15) is 0 Å². The smallest absolute Gasteiger partial charge is 0.0409 e. The molecule has 2 nitrogen and oxygen atoms in total. The van der Waals surface area contributed by atoms with Crippen LogP contribution < -0.4 is 5.32 Å². The zero-order valence-electron chi connectivity index (χ0n) is 11.0. The van der Waals surface area contributed by atoms with E-state index in [9.17, 15) is 0 Å². The van der Waals surface area contributed by atoms with E-state index in [1.165, 1.54) is 5.56 Å². The van der Waals surface area contributed by atoms with E-state index in [1.54, 1.807) is 0 Å². The molecule has 1 aromatic rings. The van der Waals surface area contributed by atoms with Crippen LogP contribution in [0.1, 0.15) is 25.8 Å². The zero-order valence-corrected chi connectivity index (χ0v) is 11.8. The largest absolute Gasteiger partial charge is 0.315 e. The fraction of sp³-hybridized carbons (Fsp3) is 0.571. The molecular formula is C14H23ClN2. The highest BCUT2D eigenvalue weighted by molar-refractivity contribution is 6.30. The van der Waals surface area contributed by atoms with Crippen LogP contribution in [0.15, 0.2) is 24.3 Å². The fourth-order valence-corrected chi connectivity index (χ4v) is 2.19. The monoisotopic (exact) mass is 254 g/mol. The van der Waals surface area contributed by atoms with Crippen LogP contribution in [-0.4, -0.2) is 31.1 Å². The van der Waals surface area contributed by atoms with Gasteiger partial charge in [0.05, 0.1) is 0 Å². The van der Waals surface area contributed by atoms with Crippen molar-refractivity contribution in [3.63, 3.8) is 0 Å². The van der Waals surface area contributed by atoms with Gasteiger partial charge in [0.1, 0.15) is 0 Å². The van der Waals surface area contributed by atoms with Gasteiger partial charge in [-0.3, -0.25) is 4.90 Å². The number of nitrogens with one attached hydrogen (secondary N) is 1. The van der Waals surface area contributed by atoms with Crippen LogP contribution in [0.3, 0.4) is 0 Å². The maximum absolute atomic E-state index is 5.99. The van der Waals surface area contributed by atoms with Crippen LogP contribution in [0.4, 0.5) is 0 Å². The highest BCUT2D eigenvalue weighted by Gasteiger charge is 2.12. The molecule has 0 aliphatic heterocycles. The predicted molar refractivity (Wildman–Crippen MR) is 75.5 cm³/mol. The number of rotatable bonds is 7. The number of hydrogen-bond acceptors (Lipinski definition) is 2. The SMILES string of the molecule is CCNCC(CC)N(C)Cc1cccc(Cl)c1. The lowest BCUT2D eigenvalue weighted by atomic mass is 10.1. The van der Waals surface area contributed by atoms with Crippen LogP contribution in [-0.2, 0) is 6.54 Å². The summed E-state index contributed by atoms with van der Waals surface area (Å²) in [6.45, 7) is 7.40. The van der Waals surface area contributed by atoms with E-state index in [0.717, 1.165) is 31.1 Å². The molecule has 3 heteroatoms. The van der Waals surface area contributed by atoms with Crippen LogP contribution >= 0.6 is 11.6 Å². The topological polar surface area (TPSA) is 15.3 Å². The highest BCUT2D eigenvalue weighted by Crippen LogP contribution is 2.13. The molecule has 1 N–H and O–H groups in total. The molecule has 0 aliphatic carbocycles. The fourth-order valence-electron chi connectivity index (χ4n) is 1.98. The lowest BCUT2D eigenvalue weighted by molar-refractivity contribution is 0.222. The summed E-state index contributed by atoms with van der Waals surface area (Å²) in [7, 11) is 2.17. The minimum absolute atomic E-state index is 0.578. The van der Waals surface area contributed by atoms with E-state index >= 15 is 0 Å². The van der Waals surface area contributed by atoms with Gasteiger partial charge in [0.2, 0.25) is 0 Å². The van der Waals surface area contributed by atoms with Gasteiger partial charge in [0.25, 0.3) is 0 Å². The van der Waals surface area contributed by atoms with Crippen molar-refractivity contribution in [3.05, 3.63) is 34.9 Å². The molecule has 0 saturated carbocycles. The Hall–Kier alpha value is -0.570. The summed E-state index contributed by atoms with van der Waals surface area (Å²) in [5.74, 6) is 0. The van der Waals surface area contributed by atoms with Crippen LogP contribution in [0.2, 0.25) is 5.02 Å². The van der Waals surface area contributed by atoms with Crippen molar-refractivity contribution in [2.45, 2.75) is 32.9 Å². The van der Waals surface area contributed by atoms with Crippen LogP contribution in [0.5, 0.6) is 0 Å². The maximum Gasteiger partial charge on any atom is 0.0409 e. The summed E-state index contributed by atoms with van der Waals surface area (Å²) in [5.41, 5.74) is 1.27. The Morgan fingerprint density at radius 1 is 1.35 bits per heavy atom. The van der Waals surface area contributed by atoms with Gasteiger partial charge >= 0.3 is 0 Å². The number of benzene rings is 1. The van der Waals surface area contributed by atoms with Gasteiger partial charge < -0.3 is 5.32 Å². The summed E-state index contributed by atoms with van der Waals surface area (Å²) in [6, 6.07) is 8.67. The van der Waals surface area contributed by atoms with Gasteiger partial charge in [-0.1, -0.05) is 37.6 Å². The Kier molecular flexibility index (Phi) is 6.56. The molecule has 1 rings (SSSR count). The number of likely N-dealkylation sites (N-methyl/N-ethyl adjacent to an activating group) is 2. The second-order valence-electron chi connectivity index (χ2n) is 4.41. The molecule has 0 aromatic heterocycles. The molecule has 0 fully saturated rings. The van der Waals surface area contributed by atoms with Crippen molar-refractivity contribution in [3.8, 4) is 0 Å². The van der Waals surface area contributed by atoms with E-state index in [-0.39, 0.29) is 0 Å². The molecule has 0 radical (unpaired) electrons. The molecule has 0 amide bonds. The van der Waals surface area contributed by atoms with Gasteiger partial charge in [0.15, 0.2) is 0 Å². The summed E-state index contributed by atoms with van der Waals surface area (Å²) < 4.78 is 0. The van der Waals surface area contributed by atoms with Crippen molar-refractivity contribution >= 4 is 11.6 Å². The van der Waals surface area contributed by atoms with E-state index < -0.39 is 0 Å². The average Bonchev–Trinajstić information content (AvgIpc) is 2.30. The third-order valence-electron chi connectivity index (χ3n) is 3.05. The summed E-state index contributed by atoms with van der Waals surface area (Å²) in [6.07, 6.45) is 1.16. The average molecular weight is 255 g/mol. The zero-order chi connectivity index (χ0) is 12.7. The molecule has 0 spiro atoms. The Morgan fingerprint density at radius 3 is 2.71 bits per heavy atom. The highest BCUT2D eigenvalue weighted by atomic mass is 35.5. The van der Waals surface area contributed by atoms with Crippen molar-refractivity contribution in [1.29, 1.82) is 0 Å². The minimum atomic E-state index is 0.578. The van der Waals surface area contributed by atoms with Gasteiger partial charge in [0, 0.05) is 24.2 Å². The van der Waals surface area contributed by atoms with E-state index in [4.69, 9.17) is 11.6 Å². The molecular weight excluding hydrogens is 232 g/mol. The van der Waals surface area contributed by atoms with E-state index in [0.29, 0.717) is 6.04 Å². The Balaban J connectivity index is 2.54. The van der Waals surface area contributed by atoms with E-state index in [2.05, 4.69) is 37.2 Å². The van der Waals surface area contributed by atoms with Gasteiger partial charge in [-0.05, 0) is 37.7 Å². The van der Waals surface area contributed by atoms with E-state index in [1.807, 2.05) is 18.2 Å². The molecule has 0 heterocycles. The summed E-state index contributed by atoms with van der Waals surface area (Å²) in [4.78, 5) is 2.38. The minimum Gasteiger partial charge on any atom is -0.315 e. The molecule has 0 bridgehead atoms. The molecule has 96 valence electrons. The number of halogens is 1. The Morgan fingerprint density at radius 2 is 2.12 bits per heavy atom. The first-order chi connectivity index (χ1) is 8.17. The van der Waals surface area contributed by atoms with Crippen LogP contribution in [0, 0.1) is 0 Å². The third kappa shape index (κ3) is 5.07. The van der Waals surface area contributed by atoms with Crippen molar-refractivity contribution in [2.75, 3.05) is 20.1 Å². The first kappa shape index (κ1) is 14.5. The molecule has 1 aromatic carbocycles. The first-order valence-electron chi connectivity index (χ1n) is 6.32. The number of nitrogens with zero attached hydrogens (tertiary/aromatic N) is 1. The molecule has 0 aliphatic rings. The molecule has 1 unspecified atom stereocenters. The van der Waals surface area contributed by atoms with Gasteiger partial charge in [-0.15, -0.1) is 0 Å². The predicted octanol–water partition coefficient (Wildman–Crippen LogP) is 3.16. The van der Waals surface area contributed by atoms with Crippen molar-refractivity contribution in [1.82, 2.24) is 10.2 Å².